The van der Waals surface area contributed by atoms with Crippen LogP contribution in [0.25, 0.3) is 11.1 Å². The van der Waals surface area contributed by atoms with Crippen molar-refractivity contribution in [1.29, 1.82) is 0 Å². The van der Waals surface area contributed by atoms with Gasteiger partial charge in [0.25, 0.3) is 0 Å². The summed E-state index contributed by atoms with van der Waals surface area (Å²) in [5.41, 5.74) is 1.30. The zero-order valence-electron chi connectivity index (χ0n) is 8.66. The summed E-state index contributed by atoms with van der Waals surface area (Å²) >= 11 is 1.42. The number of terminal acetylenes is 1. The molecule has 80 valence electrons. The van der Waals surface area contributed by atoms with Crippen LogP contribution in [-0.2, 0) is 0 Å². The minimum absolute atomic E-state index is 0.242. The van der Waals surface area contributed by atoms with Gasteiger partial charge in [0.15, 0.2) is 11.6 Å². The van der Waals surface area contributed by atoms with E-state index in [-0.39, 0.29) is 11.6 Å². The van der Waals surface area contributed by atoms with E-state index >= 15 is 0 Å². The van der Waals surface area contributed by atoms with E-state index in [1.165, 1.54) is 18.4 Å². The highest BCUT2D eigenvalue weighted by Crippen LogP contribution is 2.31. The highest BCUT2D eigenvalue weighted by atomic mass is 32.1. The van der Waals surface area contributed by atoms with Crippen LogP contribution in [0.5, 0.6) is 5.75 Å². The van der Waals surface area contributed by atoms with Crippen LogP contribution < -0.4 is 4.74 Å². The Balaban J connectivity index is 2.52. The zero-order valence-corrected chi connectivity index (χ0v) is 9.48. The standard InChI is InChI=1S/C13H9FOS/c1-3-10-7-9(8-16-10)11-5-4-6-12(15-2)13(11)14/h1,4-8H,2H3. The van der Waals surface area contributed by atoms with Gasteiger partial charge in [-0.2, -0.15) is 0 Å². The second kappa shape index (κ2) is 4.38. The molecule has 1 heterocycles. The Morgan fingerprint density at radius 3 is 2.88 bits per heavy atom. The largest absolute Gasteiger partial charge is 0.494 e. The van der Waals surface area contributed by atoms with Crippen molar-refractivity contribution in [3.63, 3.8) is 0 Å². The normalized spacial score (nSPS) is 9.81. The molecule has 1 nitrogen and oxygen atoms in total. The molecule has 0 unspecified atom stereocenters. The zero-order chi connectivity index (χ0) is 11.5. The van der Waals surface area contributed by atoms with Crippen LogP contribution in [0.1, 0.15) is 4.88 Å². The summed E-state index contributed by atoms with van der Waals surface area (Å²) in [5.74, 6) is 2.42. The van der Waals surface area contributed by atoms with Gasteiger partial charge in [0.2, 0.25) is 0 Å². The third-order valence-electron chi connectivity index (χ3n) is 2.24. The van der Waals surface area contributed by atoms with Crippen molar-refractivity contribution in [2.24, 2.45) is 0 Å². The third kappa shape index (κ3) is 1.80. The number of rotatable bonds is 2. The lowest BCUT2D eigenvalue weighted by molar-refractivity contribution is 0.387. The summed E-state index contributed by atoms with van der Waals surface area (Å²) in [6, 6.07) is 6.85. The van der Waals surface area contributed by atoms with E-state index in [1.807, 2.05) is 5.38 Å². The molecule has 0 aliphatic carbocycles. The van der Waals surface area contributed by atoms with Gasteiger partial charge in [-0.15, -0.1) is 17.8 Å². The summed E-state index contributed by atoms with van der Waals surface area (Å²) in [6.45, 7) is 0. The Morgan fingerprint density at radius 2 is 2.25 bits per heavy atom. The summed E-state index contributed by atoms with van der Waals surface area (Å²) in [5, 5.41) is 1.84. The molecule has 0 saturated carbocycles. The van der Waals surface area contributed by atoms with Crippen molar-refractivity contribution in [2.75, 3.05) is 7.11 Å². The van der Waals surface area contributed by atoms with Gasteiger partial charge in [0.1, 0.15) is 0 Å². The lowest BCUT2D eigenvalue weighted by Crippen LogP contribution is -1.90. The summed E-state index contributed by atoms with van der Waals surface area (Å²) in [6.07, 6.45) is 5.28. The highest BCUT2D eigenvalue weighted by molar-refractivity contribution is 7.11. The molecule has 1 aromatic heterocycles. The van der Waals surface area contributed by atoms with Crippen molar-refractivity contribution in [1.82, 2.24) is 0 Å². The van der Waals surface area contributed by atoms with E-state index in [2.05, 4.69) is 5.92 Å². The molecule has 0 fully saturated rings. The Labute approximate surface area is 97.5 Å². The van der Waals surface area contributed by atoms with Crippen LogP contribution in [0.15, 0.2) is 29.6 Å². The lowest BCUT2D eigenvalue weighted by atomic mass is 10.1. The van der Waals surface area contributed by atoms with Crippen LogP contribution >= 0.6 is 11.3 Å². The first-order chi connectivity index (χ1) is 7.76. The van der Waals surface area contributed by atoms with Crippen molar-refractivity contribution in [2.45, 2.75) is 0 Å². The molecule has 0 bridgehead atoms. The van der Waals surface area contributed by atoms with Gasteiger partial charge in [0, 0.05) is 5.56 Å². The van der Waals surface area contributed by atoms with Gasteiger partial charge in [-0.1, -0.05) is 18.1 Å². The van der Waals surface area contributed by atoms with Crippen LogP contribution in [0.3, 0.4) is 0 Å². The second-order valence-corrected chi connectivity index (χ2v) is 4.08. The van der Waals surface area contributed by atoms with Crippen molar-refractivity contribution < 1.29 is 9.13 Å². The topological polar surface area (TPSA) is 9.23 Å². The van der Waals surface area contributed by atoms with Gasteiger partial charge in [-0.05, 0) is 23.1 Å². The summed E-state index contributed by atoms with van der Waals surface area (Å²) < 4.78 is 18.8. The van der Waals surface area contributed by atoms with E-state index in [0.717, 1.165) is 10.4 Å². The number of hydrogen-bond donors (Lipinski definition) is 0. The highest BCUT2D eigenvalue weighted by Gasteiger charge is 2.11. The first kappa shape index (κ1) is 10.7. The molecule has 1 aromatic carbocycles. The third-order valence-corrected chi connectivity index (χ3v) is 3.10. The van der Waals surface area contributed by atoms with Crippen molar-refractivity contribution >= 4 is 11.3 Å². The fourth-order valence-corrected chi connectivity index (χ4v) is 2.16. The summed E-state index contributed by atoms with van der Waals surface area (Å²) in [7, 11) is 1.45. The smallest absolute Gasteiger partial charge is 0.172 e. The Morgan fingerprint density at radius 1 is 1.44 bits per heavy atom. The molecule has 0 saturated heterocycles. The number of ether oxygens (including phenoxy) is 1. The van der Waals surface area contributed by atoms with Gasteiger partial charge < -0.3 is 4.74 Å². The van der Waals surface area contributed by atoms with Gasteiger partial charge in [0.05, 0.1) is 12.0 Å². The first-order valence-corrected chi connectivity index (χ1v) is 5.52. The second-order valence-electron chi connectivity index (χ2n) is 3.17. The number of thiophene rings is 1. The molecule has 0 spiro atoms. The van der Waals surface area contributed by atoms with E-state index in [9.17, 15) is 4.39 Å². The van der Waals surface area contributed by atoms with Crippen molar-refractivity contribution in [3.8, 4) is 29.2 Å². The number of hydrogen-bond acceptors (Lipinski definition) is 2. The maximum atomic E-state index is 13.9. The van der Waals surface area contributed by atoms with E-state index in [0.29, 0.717) is 5.56 Å². The Kier molecular flexibility index (Phi) is 2.93. The van der Waals surface area contributed by atoms with Gasteiger partial charge >= 0.3 is 0 Å². The number of benzene rings is 1. The van der Waals surface area contributed by atoms with E-state index < -0.39 is 0 Å². The number of methoxy groups -OCH3 is 1. The predicted molar refractivity (Wildman–Crippen MR) is 64.2 cm³/mol. The molecule has 16 heavy (non-hydrogen) atoms. The number of halogens is 1. The summed E-state index contributed by atoms with van der Waals surface area (Å²) in [4.78, 5) is 0.789. The van der Waals surface area contributed by atoms with Crippen LogP contribution in [0, 0.1) is 18.2 Å². The average molecular weight is 232 g/mol. The monoisotopic (exact) mass is 232 g/mol. The lowest BCUT2D eigenvalue weighted by Gasteiger charge is -2.05. The van der Waals surface area contributed by atoms with Crippen LogP contribution in [0.4, 0.5) is 4.39 Å². The van der Waals surface area contributed by atoms with Crippen molar-refractivity contribution in [3.05, 3.63) is 40.3 Å². The molecular formula is C13H9FOS. The molecule has 0 aliphatic rings. The minimum Gasteiger partial charge on any atom is -0.494 e. The fourth-order valence-electron chi connectivity index (χ4n) is 1.44. The maximum Gasteiger partial charge on any atom is 0.172 e. The Hall–Kier alpha value is -1.79. The molecule has 0 amide bonds. The fraction of sp³-hybridized carbons (Fsp3) is 0.0769. The molecular weight excluding hydrogens is 223 g/mol. The molecule has 0 aliphatic heterocycles. The molecule has 2 rings (SSSR count). The van der Waals surface area contributed by atoms with Gasteiger partial charge in [-0.25, -0.2) is 4.39 Å². The first-order valence-electron chi connectivity index (χ1n) is 4.64. The molecule has 0 atom stereocenters. The van der Waals surface area contributed by atoms with E-state index in [4.69, 9.17) is 11.2 Å². The van der Waals surface area contributed by atoms with Crippen LogP contribution in [-0.4, -0.2) is 7.11 Å². The van der Waals surface area contributed by atoms with E-state index in [1.54, 1.807) is 24.3 Å². The molecule has 2 aromatic rings. The molecule has 3 heteroatoms. The minimum atomic E-state index is -0.355. The Bertz CT molecular complexity index is 551. The van der Waals surface area contributed by atoms with Gasteiger partial charge in [-0.3, -0.25) is 0 Å². The predicted octanol–water partition coefficient (Wildman–Crippen LogP) is 3.54. The average Bonchev–Trinajstić information content (AvgIpc) is 2.78. The quantitative estimate of drug-likeness (QED) is 0.719. The maximum absolute atomic E-state index is 13.9. The molecule has 0 N–H and O–H groups in total. The molecule has 0 radical (unpaired) electrons. The van der Waals surface area contributed by atoms with Crippen LogP contribution in [0.2, 0.25) is 0 Å². The SMILES string of the molecule is C#Cc1cc(-c2cccc(OC)c2F)cs1.